The third kappa shape index (κ3) is 8.38. The molecule has 2 aliphatic carbocycles. The van der Waals surface area contributed by atoms with Gasteiger partial charge in [-0.05, 0) is 169 Å². The van der Waals surface area contributed by atoms with E-state index in [0.29, 0.717) is 43.7 Å². The van der Waals surface area contributed by atoms with Gasteiger partial charge in [-0.3, -0.25) is 0 Å². The fourth-order valence-electron chi connectivity index (χ4n) is 11.9. The van der Waals surface area contributed by atoms with E-state index in [4.69, 9.17) is 19.0 Å². The standard InChI is InChI=1S/C36H25N.C20H15BO2.C16H12BrN/c1-36(2)32-20-23(22-37)16-18-26(32)27-19-17-25(21-33(27)36)35-30-14-8-6-12-28(30)34(24-10-4-3-5-11-24)29-13-7-9-15-31(29)35;22-21(23)20-17-12-6-4-10-15(17)19(14-8-2-1-3-9-14)16-11-5-7-13-18(16)20;1-16(2)14-7-10(9-18)3-5-12(14)13-6-4-11(17)8-15(13)16/h3-21H,1-2H3;1-13,22-23H;3-8H,1-2H3/i3D,4D,5D,10D,11D;1D,2D,3D,8D,9D;. The topological polar surface area (TPSA) is 88.0 Å². The molecule has 12 aromatic rings. The number of benzene rings is 12. The molecule has 14 rings (SSSR count). The van der Waals surface area contributed by atoms with Crippen molar-refractivity contribution in [2.75, 3.05) is 0 Å². The number of nitriles is 2. The lowest BCUT2D eigenvalue weighted by atomic mass is 9.72. The highest BCUT2D eigenvalue weighted by Gasteiger charge is 2.37. The Morgan fingerprint density at radius 2 is 0.718 bits per heavy atom. The molecule has 0 saturated heterocycles. The summed E-state index contributed by atoms with van der Waals surface area (Å²) in [6, 6.07) is 55.8. The average molecular weight is 1080 g/mol. The predicted molar refractivity (Wildman–Crippen MR) is 328 cm³/mol. The first-order chi connectivity index (χ1) is 42.0. The van der Waals surface area contributed by atoms with Crippen molar-refractivity contribution < 1.29 is 23.8 Å². The van der Waals surface area contributed by atoms with Crippen LogP contribution in [-0.4, -0.2) is 17.2 Å². The van der Waals surface area contributed by atoms with E-state index < -0.39 is 31.3 Å². The Morgan fingerprint density at radius 3 is 1.10 bits per heavy atom. The van der Waals surface area contributed by atoms with Gasteiger partial charge >= 0.3 is 7.12 Å². The summed E-state index contributed by atoms with van der Waals surface area (Å²) in [7, 11) is -1.72. The molecule has 0 bridgehead atoms. The van der Waals surface area contributed by atoms with Gasteiger partial charge in [0.2, 0.25) is 0 Å². The maximum Gasteiger partial charge on any atom is 0.489 e. The molecule has 12 aromatic carbocycles. The van der Waals surface area contributed by atoms with Crippen LogP contribution in [0.5, 0.6) is 0 Å². The monoisotopic (exact) mass is 1080 g/mol. The van der Waals surface area contributed by atoms with E-state index in [9.17, 15) is 15.3 Å². The predicted octanol–water partition coefficient (Wildman–Crippen LogP) is 17.5. The van der Waals surface area contributed by atoms with Crippen molar-refractivity contribution in [3.8, 4) is 67.8 Å². The molecule has 0 radical (unpaired) electrons. The zero-order chi connectivity index (χ0) is 62.6. The van der Waals surface area contributed by atoms with Gasteiger partial charge in [0.1, 0.15) is 0 Å². The summed E-state index contributed by atoms with van der Waals surface area (Å²) < 4.78 is 84.1. The smallest absolute Gasteiger partial charge is 0.423 e. The molecule has 4 nitrogen and oxygen atoms in total. The van der Waals surface area contributed by atoms with Crippen LogP contribution in [0.2, 0.25) is 0 Å². The highest BCUT2D eigenvalue weighted by molar-refractivity contribution is 9.10. The lowest BCUT2D eigenvalue weighted by molar-refractivity contribution is 0.426. The summed E-state index contributed by atoms with van der Waals surface area (Å²) in [6.07, 6.45) is 0. The van der Waals surface area contributed by atoms with Gasteiger partial charge in [0.15, 0.2) is 0 Å². The molecule has 0 aliphatic heterocycles. The van der Waals surface area contributed by atoms with Crippen molar-refractivity contribution in [1.82, 2.24) is 0 Å². The molecule has 372 valence electrons. The van der Waals surface area contributed by atoms with Crippen LogP contribution in [0.1, 0.15) is 74.8 Å². The van der Waals surface area contributed by atoms with E-state index >= 15 is 0 Å². The van der Waals surface area contributed by atoms with Crippen LogP contribution in [0.25, 0.3) is 98.7 Å². The summed E-state index contributed by atoms with van der Waals surface area (Å²) in [5.41, 5.74) is 14.6. The van der Waals surface area contributed by atoms with Crippen LogP contribution in [-0.2, 0) is 10.8 Å². The molecule has 0 fully saturated rings. The van der Waals surface area contributed by atoms with E-state index in [2.05, 4.69) is 98.2 Å². The summed E-state index contributed by atoms with van der Waals surface area (Å²) in [4.78, 5) is 0. The molecule has 0 saturated carbocycles. The normalized spacial score (nSPS) is 14.8. The maximum atomic E-state index is 10.0. The van der Waals surface area contributed by atoms with E-state index in [1.165, 1.54) is 27.8 Å². The van der Waals surface area contributed by atoms with Crippen molar-refractivity contribution in [2.24, 2.45) is 0 Å². The third-order valence-corrected chi connectivity index (χ3v) is 16.0. The fourth-order valence-corrected chi connectivity index (χ4v) is 12.3. The number of rotatable bonds is 4. The summed E-state index contributed by atoms with van der Waals surface area (Å²) in [6.45, 7) is 8.82. The molecule has 0 heterocycles. The maximum absolute atomic E-state index is 10.0. The van der Waals surface area contributed by atoms with Crippen molar-refractivity contribution >= 4 is 71.6 Å². The van der Waals surface area contributed by atoms with Crippen LogP contribution < -0.4 is 5.46 Å². The fraction of sp³-hybridized carbons (Fsp3) is 0.0833. The minimum Gasteiger partial charge on any atom is -0.423 e. The molecule has 2 aliphatic rings. The first kappa shape index (κ1) is 39.5. The van der Waals surface area contributed by atoms with Crippen LogP contribution in [0, 0.1) is 22.7 Å². The number of hydrogen-bond donors (Lipinski definition) is 2. The van der Waals surface area contributed by atoms with Crippen molar-refractivity contribution in [2.45, 2.75) is 38.5 Å². The number of nitrogens with zero attached hydrogens (tertiary/aromatic N) is 2. The zero-order valence-electron chi connectivity index (χ0n) is 52.9. The third-order valence-electron chi connectivity index (χ3n) is 15.5. The lowest BCUT2D eigenvalue weighted by Crippen LogP contribution is -2.31. The van der Waals surface area contributed by atoms with Crippen LogP contribution in [0.3, 0.4) is 0 Å². The largest absolute Gasteiger partial charge is 0.489 e. The molecular weight excluding hydrogens is 1020 g/mol. The van der Waals surface area contributed by atoms with Crippen molar-refractivity contribution in [3.63, 3.8) is 0 Å². The lowest BCUT2D eigenvalue weighted by Gasteiger charge is -2.23. The number of hydrogen-bond acceptors (Lipinski definition) is 4. The second kappa shape index (κ2) is 19.9. The molecule has 2 N–H and O–H groups in total. The molecule has 78 heavy (non-hydrogen) atoms. The Kier molecular flexibility index (Phi) is 10.1. The van der Waals surface area contributed by atoms with E-state index in [1.807, 2.05) is 78.9 Å². The summed E-state index contributed by atoms with van der Waals surface area (Å²) in [5.74, 6) is 0. The van der Waals surface area contributed by atoms with E-state index in [1.54, 1.807) is 48.5 Å². The van der Waals surface area contributed by atoms with E-state index in [-0.39, 0.29) is 58.2 Å². The van der Waals surface area contributed by atoms with Gasteiger partial charge < -0.3 is 10.0 Å². The minimum atomic E-state index is -1.72. The zero-order valence-corrected chi connectivity index (χ0v) is 44.5. The van der Waals surface area contributed by atoms with Gasteiger partial charge in [0, 0.05) is 15.3 Å². The molecule has 0 unspecified atom stereocenters. The SMILES string of the molecule is CC1(C)c2cc(Br)ccc2-c2ccc(C#N)cc21.[2H]c1c([2H])c([2H])c(-c2c3ccccc3c(-c3ccc4c(c3)C(C)(C)c3cc(C#N)ccc3-4)c3ccccc23)c([2H])c1[2H].[2H]c1c([2H])c([2H])c(-c2c3ccccc3c(B(O)O)c3ccccc23)c([2H])c1[2H]. The van der Waals surface area contributed by atoms with Crippen molar-refractivity contribution in [1.29, 1.82) is 10.5 Å². The molecule has 6 heteroatoms. The number of halogens is 1. The van der Waals surface area contributed by atoms with Crippen molar-refractivity contribution in [3.05, 3.63) is 268 Å². The second-order valence-electron chi connectivity index (χ2n) is 20.5. The molecular formula is C72H52BBrN2O2. The van der Waals surface area contributed by atoms with Gasteiger partial charge in [-0.15, -0.1) is 0 Å². The Morgan fingerprint density at radius 1 is 0.397 bits per heavy atom. The summed E-state index contributed by atoms with van der Waals surface area (Å²) in [5, 5.41) is 44.4. The Labute approximate surface area is 478 Å². The van der Waals surface area contributed by atoms with Crippen LogP contribution >= 0.6 is 15.9 Å². The first-order valence-corrected chi connectivity index (χ1v) is 26.2. The van der Waals surface area contributed by atoms with Gasteiger partial charge in [-0.25, -0.2) is 0 Å². The van der Waals surface area contributed by atoms with Gasteiger partial charge in [0.05, 0.1) is 37.0 Å². The van der Waals surface area contributed by atoms with E-state index in [0.717, 1.165) is 59.4 Å². The molecule has 0 spiro atoms. The first-order valence-electron chi connectivity index (χ1n) is 30.5. The molecule has 0 aromatic heterocycles. The highest BCUT2D eigenvalue weighted by Crippen LogP contribution is 2.52. The molecule has 0 amide bonds. The Balaban J connectivity index is 0.000000141. The van der Waals surface area contributed by atoms with Crippen LogP contribution in [0.4, 0.5) is 0 Å². The Hall–Kier alpha value is -8.88. The van der Waals surface area contributed by atoms with Crippen LogP contribution in [0.15, 0.2) is 235 Å². The second-order valence-corrected chi connectivity index (χ2v) is 21.5. The Bertz CT molecular complexity index is 4920. The van der Waals surface area contributed by atoms with Gasteiger partial charge in [-0.1, -0.05) is 231 Å². The molecule has 0 atom stereocenters. The minimum absolute atomic E-state index is 0.0404. The average Bonchev–Trinajstić information content (AvgIpc) is 1.08. The number of fused-ring (bicyclic) bond motifs is 10. The quantitative estimate of drug-likeness (QED) is 0.136. The van der Waals surface area contributed by atoms with Gasteiger partial charge in [0.25, 0.3) is 0 Å². The highest BCUT2D eigenvalue weighted by atomic mass is 79.9. The van der Waals surface area contributed by atoms with Gasteiger partial charge in [-0.2, -0.15) is 10.5 Å². The summed E-state index contributed by atoms with van der Waals surface area (Å²) >= 11 is 3.54.